The summed E-state index contributed by atoms with van der Waals surface area (Å²) in [5.74, 6) is 2.14. The van der Waals surface area contributed by atoms with Crippen molar-refractivity contribution in [3.8, 4) is 0 Å². The minimum absolute atomic E-state index is 0.903. The van der Waals surface area contributed by atoms with Crippen molar-refractivity contribution in [3.63, 3.8) is 0 Å². The first-order chi connectivity index (χ1) is 8.95. The van der Waals surface area contributed by atoms with Crippen LogP contribution in [0.2, 0.25) is 19.6 Å². The first-order valence-electron chi connectivity index (χ1n) is 7.66. The summed E-state index contributed by atoms with van der Waals surface area (Å²) in [7, 11) is -1.13. The topological polar surface area (TPSA) is 0 Å². The van der Waals surface area contributed by atoms with Gasteiger partial charge in [-0.15, -0.1) is 0 Å². The maximum atomic E-state index is 2.42. The highest BCUT2D eigenvalue weighted by Crippen LogP contribution is 2.33. The Morgan fingerprint density at radius 2 is 1.79 bits per heavy atom. The van der Waals surface area contributed by atoms with E-state index in [1.165, 1.54) is 37.0 Å². The van der Waals surface area contributed by atoms with Crippen molar-refractivity contribution in [2.75, 3.05) is 0 Å². The Morgan fingerprint density at radius 3 is 2.37 bits per heavy atom. The van der Waals surface area contributed by atoms with E-state index in [2.05, 4.69) is 62.6 Å². The summed E-state index contributed by atoms with van der Waals surface area (Å²) < 4.78 is 0. The molecule has 1 fully saturated rings. The van der Waals surface area contributed by atoms with Crippen molar-refractivity contribution < 1.29 is 0 Å². The minimum atomic E-state index is -1.13. The summed E-state index contributed by atoms with van der Waals surface area (Å²) in [6.45, 7) is 9.66. The molecule has 19 heavy (non-hydrogen) atoms. The minimum Gasteiger partial charge on any atom is -0.154 e. The smallest absolute Gasteiger partial charge is 0.0775 e. The van der Waals surface area contributed by atoms with E-state index in [9.17, 15) is 0 Å². The van der Waals surface area contributed by atoms with Crippen LogP contribution >= 0.6 is 11.8 Å². The molecule has 0 aliphatic heterocycles. The third-order valence-electron chi connectivity index (χ3n) is 4.19. The Bertz CT molecular complexity index is 391. The van der Waals surface area contributed by atoms with Crippen LogP contribution in [0.25, 0.3) is 0 Å². The van der Waals surface area contributed by atoms with Gasteiger partial charge in [0.05, 0.1) is 8.07 Å². The van der Waals surface area contributed by atoms with Crippen LogP contribution in [-0.2, 0) is 5.75 Å². The third kappa shape index (κ3) is 4.68. The van der Waals surface area contributed by atoms with Gasteiger partial charge in [-0.1, -0.05) is 68.9 Å². The number of thioether (sulfide) groups is 1. The van der Waals surface area contributed by atoms with Crippen LogP contribution in [0.3, 0.4) is 0 Å². The standard InChI is InChI=1S/C17H28SSi/c1-14-6-5-7-16(12-14)18-13-15-8-10-17(11-9-15)19(2,3)4/h8-11,14,16H,5-7,12-13H2,1-4H3. The zero-order valence-corrected chi connectivity index (χ0v) is 14.7. The monoisotopic (exact) mass is 292 g/mol. The van der Waals surface area contributed by atoms with Gasteiger partial charge in [-0.3, -0.25) is 0 Å². The van der Waals surface area contributed by atoms with Gasteiger partial charge in [-0.2, -0.15) is 11.8 Å². The second kappa shape index (κ2) is 6.49. The van der Waals surface area contributed by atoms with E-state index in [0.29, 0.717) is 0 Å². The zero-order valence-electron chi connectivity index (χ0n) is 12.9. The average Bonchev–Trinajstić information content (AvgIpc) is 2.36. The lowest BCUT2D eigenvalue weighted by Gasteiger charge is -2.26. The maximum absolute atomic E-state index is 2.42. The molecule has 2 atom stereocenters. The van der Waals surface area contributed by atoms with Crippen molar-refractivity contribution in [2.24, 2.45) is 5.92 Å². The molecule has 0 spiro atoms. The average molecular weight is 293 g/mol. The molecule has 1 aromatic carbocycles. The van der Waals surface area contributed by atoms with Gasteiger partial charge in [0.2, 0.25) is 0 Å². The molecule has 1 aliphatic rings. The summed E-state index contributed by atoms with van der Waals surface area (Å²) in [5.41, 5.74) is 1.50. The first-order valence-corrected chi connectivity index (χ1v) is 12.2. The summed E-state index contributed by atoms with van der Waals surface area (Å²) in [5, 5.41) is 2.48. The highest BCUT2D eigenvalue weighted by atomic mass is 32.2. The molecule has 0 nitrogen and oxygen atoms in total. The molecule has 2 heteroatoms. The second-order valence-electron chi connectivity index (χ2n) is 7.15. The molecule has 1 aromatic rings. The van der Waals surface area contributed by atoms with Gasteiger partial charge in [-0.05, 0) is 24.3 Å². The quantitative estimate of drug-likeness (QED) is 0.700. The fourth-order valence-corrected chi connectivity index (χ4v) is 5.43. The van der Waals surface area contributed by atoms with Gasteiger partial charge in [0.15, 0.2) is 0 Å². The molecule has 2 rings (SSSR count). The summed E-state index contributed by atoms with van der Waals surface area (Å²) in [4.78, 5) is 0. The number of benzene rings is 1. The highest BCUT2D eigenvalue weighted by molar-refractivity contribution is 7.99. The first kappa shape index (κ1) is 15.2. The lowest BCUT2D eigenvalue weighted by atomic mass is 9.91. The van der Waals surface area contributed by atoms with Gasteiger partial charge in [0.25, 0.3) is 0 Å². The van der Waals surface area contributed by atoms with Gasteiger partial charge in [0, 0.05) is 11.0 Å². The normalized spacial score (nSPS) is 24.4. The van der Waals surface area contributed by atoms with E-state index in [1.54, 1.807) is 5.19 Å². The van der Waals surface area contributed by atoms with Crippen molar-refractivity contribution in [1.29, 1.82) is 0 Å². The molecular weight excluding hydrogens is 264 g/mol. The predicted molar refractivity (Wildman–Crippen MR) is 92.1 cm³/mol. The maximum Gasteiger partial charge on any atom is 0.0775 e. The molecule has 2 unspecified atom stereocenters. The van der Waals surface area contributed by atoms with E-state index >= 15 is 0 Å². The SMILES string of the molecule is CC1CCCC(SCc2ccc([Si](C)(C)C)cc2)C1. The fourth-order valence-electron chi connectivity index (χ4n) is 2.84. The Kier molecular flexibility index (Phi) is 5.19. The van der Waals surface area contributed by atoms with E-state index in [0.717, 1.165) is 11.2 Å². The molecule has 0 N–H and O–H groups in total. The Balaban J connectivity index is 1.86. The Morgan fingerprint density at radius 1 is 1.11 bits per heavy atom. The van der Waals surface area contributed by atoms with Crippen LogP contribution in [0.1, 0.15) is 38.2 Å². The lowest BCUT2D eigenvalue weighted by Crippen LogP contribution is -2.37. The van der Waals surface area contributed by atoms with Crippen LogP contribution in [0.5, 0.6) is 0 Å². The Labute approximate surface area is 124 Å². The van der Waals surface area contributed by atoms with E-state index in [-0.39, 0.29) is 0 Å². The molecule has 0 saturated heterocycles. The molecule has 0 aromatic heterocycles. The number of hydrogen-bond donors (Lipinski definition) is 0. The van der Waals surface area contributed by atoms with E-state index < -0.39 is 8.07 Å². The van der Waals surface area contributed by atoms with Crippen molar-refractivity contribution in [2.45, 2.75) is 63.3 Å². The molecular formula is C17H28SSi. The predicted octanol–water partition coefficient (Wildman–Crippen LogP) is 5.04. The van der Waals surface area contributed by atoms with E-state index in [4.69, 9.17) is 0 Å². The van der Waals surface area contributed by atoms with Gasteiger partial charge in [-0.25, -0.2) is 0 Å². The van der Waals surface area contributed by atoms with E-state index in [1.807, 2.05) is 0 Å². The number of rotatable bonds is 4. The fraction of sp³-hybridized carbons (Fsp3) is 0.647. The second-order valence-corrected chi connectivity index (χ2v) is 13.5. The van der Waals surface area contributed by atoms with Crippen LogP contribution in [0.4, 0.5) is 0 Å². The molecule has 1 saturated carbocycles. The summed E-state index contributed by atoms with van der Waals surface area (Å²) in [6, 6.07) is 9.44. The van der Waals surface area contributed by atoms with Crippen LogP contribution < -0.4 is 5.19 Å². The molecule has 0 bridgehead atoms. The van der Waals surface area contributed by atoms with Crippen LogP contribution in [0.15, 0.2) is 24.3 Å². The third-order valence-corrected chi connectivity index (χ3v) is 7.66. The molecule has 106 valence electrons. The van der Waals surface area contributed by atoms with Gasteiger partial charge in [0.1, 0.15) is 0 Å². The number of hydrogen-bond acceptors (Lipinski definition) is 1. The summed E-state index contributed by atoms with van der Waals surface area (Å²) in [6.07, 6.45) is 5.75. The highest BCUT2D eigenvalue weighted by Gasteiger charge is 2.19. The molecule has 0 radical (unpaired) electrons. The zero-order chi connectivity index (χ0) is 13.9. The molecule has 1 aliphatic carbocycles. The van der Waals surface area contributed by atoms with Crippen molar-refractivity contribution >= 4 is 25.0 Å². The van der Waals surface area contributed by atoms with Crippen LogP contribution in [-0.4, -0.2) is 13.3 Å². The summed E-state index contributed by atoms with van der Waals surface area (Å²) >= 11 is 2.18. The largest absolute Gasteiger partial charge is 0.154 e. The lowest BCUT2D eigenvalue weighted by molar-refractivity contribution is 0.394. The van der Waals surface area contributed by atoms with Crippen molar-refractivity contribution in [3.05, 3.63) is 29.8 Å². The van der Waals surface area contributed by atoms with Crippen molar-refractivity contribution in [1.82, 2.24) is 0 Å². The van der Waals surface area contributed by atoms with Gasteiger partial charge >= 0.3 is 0 Å². The Hall–Kier alpha value is -0.213. The van der Waals surface area contributed by atoms with Gasteiger partial charge < -0.3 is 0 Å². The molecule has 0 heterocycles. The molecule has 0 amide bonds. The van der Waals surface area contributed by atoms with Crippen LogP contribution in [0, 0.1) is 5.92 Å².